The van der Waals surface area contributed by atoms with Gasteiger partial charge in [-0.15, -0.1) is 0 Å². The second-order valence-electron chi connectivity index (χ2n) is 5.22. The summed E-state index contributed by atoms with van der Waals surface area (Å²) in [6.07, 6.45) is 3.31. The molecule has 0 saturated carbocycles. The fourth-order valence-corrected chi connectivity index (χ4v) is 2.66. The highest BCUT2D eigenvalue weighted by Gasteiger charge is 2.29. The molecule has 22 heavy (non-hydrogen) atoms. The van der Waals surface area contributed by atoms with Crippen molar-refractivity contribution in [2.45, 2.75) is 6.54 Å². The van der Waals surface area contributed by atoms with Gasteiger partial charge in [0.15, 0.2) is 0 Å². The second-order valence-corrected chi connectivity index (χ2v) is 5.22. The zero-order valence-corrected chi connectivity index (χ0v) is 11.9. The first-order chi connectivity index (χ1) is 10.6. The number of aromatic nitrogens is 1. The van der Waals surface area contributed by atoms with E-state index in [0.717, 1.165) is 16.7 Å². The minimum atomic E-state index is -0.0786. The molecular weight excluding hydrogens is 276 g/mol. The molecule has 108 valence electrons. The molecule has 0 atom stereocenters. The van der Waals surface area contributed by atoms with Crippen LogP contribution in [-0.2, 0) is 6.54 Å². The lowest BCUT2D eigenvalue weighted by atomic mass is 9.98. The smallest absolute Gasteiger partial charge is 0.254 e. The number of fused-ring (bicyclic) bond motifs is 1. The quantitative estimate of drug-likeness (QED) is 0.880. The van der Waals surface area contributed by atoms with Gasteiger partial charge in [0.1, 0.15) is 0 Å². The Labute approximate surface area is 128 Å². The van der Waals surface area contributed by atoms with Crippen LogP contribution in [0, 0.1) is 11.3 Å². The Morgan fingerprint density at radius 2 is 2.18 bits per heavy atom. The first-order valence-corrected chi connectivity index (χ1v) is 6.80. The average molecular weight is 290 g/mol. The number of rotatable bonds is 3. The van der Waals surface area contributed by atoms with Crippen molar-refractivity contribution in [2.24, 2.45) is 0 Å². The van der Waals surface area contributed by atoms with Gasteiger partial charge in [-0.2, -0.15) is 5.26 Å². The van der Waals surface area contributed by atoms with Crippen LogP contribution >= 0.6 is 0 Å². The third kappa shape index (κ3) is 2.31. The lowest BCUT2D eigenvalue weighted by Gasteiger charge is -2.14. The molecule has 1 aliphatic rings. The molecule has 1 aromatic carbocycles. The van der Waals surface area contributed by atoms with Crippen LogP contribution in [0.25, 0.3) is 11.1 Å². The molecule has 0 saturated heterocycles. The number of nitrogens with zero attached hydrogens (tertiary/aromatic N) is 3. The summed E-state index contributed by atoms with van der Waals surface area (Å²) in [5.74, 6) is -0.0786. The van der Waals surface area contributed by atoms with Gasteiger partial charge >= 0.3 is 0 Å². The van der Waals surface area contributed by atoms with Gasteiger partial charge in [-0.25, -0.2) is 0 Å². The van der Waals surface area contributed by atoms with Gasteiger partial charge < -0.3 is 10.6 Å². The molecule has 5 heteroatoms. The molecule has 0 radical (unpaired) electrons. The van der Waals surface area contributed by atoms with Crippen molar-refractivity contribution in [3.8, 4) is 17.2 Å². The maximum Gasteiger partial charge on any atom is 0.254 e. The summed E-state index contributed by atoms with van der Waals surface area (Å²) < 4.78 is 0. The van der Waals surface area contributed by atoms with E-state index in [0.29, 0.717) is 23.4 Å². The summed E-state index contributed by atoms with van der Waals surface area (Å²) in [6.45, 7) is 4.35. The zero-order valence-electron chi connectivity index (χ0n) is 11.9. The molecule has 3 rings (SSSR count). The van der Waals surface area contributed by atoms with Gasteiger partial charge in [0.2, 0.25) is 0 Å². The highest BCUT2D eigenvalue weighted by atomic mass is 16.2. The van der Waals surface area contributed by atoms with Gasteiger partial charge in [0, 0.05) is 35.6 Å². The lowest BCUT2D eigenvalue weighted by Crippen LogP contribution is -2.25. The van der Waals surface area contributed by atoms with Crippen molar-refractivity contribution in [1.29, 1.82) is 5.26 Å². The molecule has 1 aliphatic heterocycles. The molecule has 1 amide bonds. The van der Waals surface area contributed by atoms with Crippen LogP contribution in [0.15, 0.2) is 48.8 Å². The first kappa shape index (κ1) is 13.8. The maximum atomic E-state index is 12.4. The summed E-state index contributed by atoms with van der Waals surface area (Å²) in [5, 5.41) is 8.85. The Hall–Kier alpha value is -3.13. The number of benzene rings is 1. The Balaban J connectivity index is 2.02. The summed E-state index contributed by atoms with van der Waals surface area (Å²) >= 11 is 0. The van der Waals surface area contributed by atoms with Crippen LogP contribution in [-0.4, -0.2) is 22.3 Å². The predicted octanol–water partition coefficient (Wildman–Crippen LogP) is 2.37. The Bertz CT molecular complexity index is 820. The minimum Gasteiger partial charge on any atom is -0.397 e. The fraction of sp³-hybridized carbons (Fsp3) is 0.118. The van der Waals surface area contributed by atoms with Crippen molar-refractivity contribution in [1.82, 2.24) is 9.88 Å². The molecule has 0 unspecified atom stereocenters. The fourth-order valence-electron chi connectivity index (χ4n) is 2.66. The molecule has 0 bridgehead atoms. The molecule has 0 aliphatic carbocycles. The molecule has 1 aromatic heterocycles. The van der Waals surface area contributed by atoms with E-state index in [9.17, 15) is 4.79 Å². The number of carbonyl (C=O) groups excluding carboxylic acids is 1. The van der Waals surface area contributed by atoms with E-state index in [-0.39, 0.29) is 12.5 Å². The number of nitriles is 1. The monoisotopic (exact) mass is 290 g/mol. The summed E-state index contributed by atoms with van der Waals surface area (Å²) in [6, 6.07) is 9.41. The van der Waals surface area contributed by atoms with Crippen LogP contribution in [0.1, 0.15) is 15.9 Å². The predicted molar refractivity (Wildman–Crippen MR) is 83.6 cm³/mol. The third-order valence-electron chi connectivity index (χ3n) is 3.65. The minimum absolute atomic E-state index is 0.0786. The summed E-state index contributed by atoms with van der Waals surface area (Å²) in [4.78, 5) is 18.2. The zero-order chi connectivity index (χ0) is 15.7. The third-order valence-corrected chi connectivity index (χ3v) is 3.65. The van der Waals surface area contributed by atoms with Gasteiger partial charge in [0.05, 0.1) is 18.3 Å². The molecule has 2 aromatic rings. The van der Waals surface area contributed by atoms with Crippen LogP contribution in [0.4, 0.5) is 5.69 Å². The van der Waals surface area contributed by atoms with E-state index >= 15 is 0 Å². The molecule has 5 nitrogen and oxygen atoms in total. The average Bonchev–Trinajstić information content (AvgIpc) is 2.83. The van der Waals surface area contributed by atoms with Gasteiger partial charge in [-0.3, -0.25) is 9.78 Å². The second kappa shape index (κ2) is 5.34. The SMILES string of the molecule is C=C(C#N)CN1Cc2c(cccc2-c2cncc(N)c2)C1=O. The first-order valence-electron chi connectivity index (χ1n) is 6.80. The van der Waals surface area contributed by atoms with Crippen molar-refractivity contribution in [3.63, 3.8) is 0 Å². The Kier molecular flexibility index (Phi) is 3.36. The van der Waals surface area contributed by atoms with Crippen LogP contribution < -0.4 is 5.73 Å². The number of anilines is 1. The maximum absolute atomic E-state index is 12.4. The highest BCUT2D eigenvalue weighted by Crippen LogP contribution is 2.33. The van der Waals surface area contributed by atoms with Crippen LogP contribution in [0.5, 0.6) is 0 Å². The van der Waals surface area contributed by atoms with E-state index in [1.165, 1.54) is 0 Å². The normalized spacial score (nSPS) is 12.9. The Morgan fingerprint density at radius 3 is 2.91 bits per heavy atom. The number of hydrogen-bond acceptors (Lipinski definition) is 4. The van der Waals surface area contributed by atoms with Crippen molar-refractivity contribution < 1.29 is 4.79 Å². The van der Waals surface area contributed by atoms with Crippen molar-refractivity contribution in [2.75, 3.05) is 12.3 Å². The number of carbonyl (C=O) groups is 1. The van der Waals surface area contributed by atoms with Crippen molar-refractivity contribution in [3.05, 3.63) is 59.9 Å². The molecule has 0 spiro atoms. The van der Waals surface area contributed by atoms with E-state index in [1.54, 1.807) is 23.4 Å². The Morgan fingerprint density at radius 1 is 1.41 bits per heavy atom. The van der Waals surface area contributed by atoms with E-state index < -0.39 is 0 Å². The number of nitrogens with two attached hydrogens (primary N) is 1. The number of nitrogen functional groups attached to an aromatic ring is 1. The molecular formula is C17H14N4O. The van der Waals surface area contributed by atoms with Gasteiger partial charge in [-0.05, 0) is 23.3 Å². The molecule has 2 N–H and O–H groups in total. The number of amides is 1. The summed E-state index contributed by atoms with van der Waals surface area (Å²) in [5.41, 5.74) is 10.2. The summed E-state index contributed by atoms with van der Waals surface area (Å²) in [7, 11) is 0. The van der Waals surface area contributed by atoms with Gasteiger partial charge in [-0.1, -0.05) is 18.7 Å². The molecule has 0 fully saturated rings. The van der Waals surface area contributed by atoms with E-state index in [2.05, 4.69) is 11.6 Å². The molecule has 2 heterocycles. The standard InChI is InChI=1S/C17H14N4O/c1-11(6-18)9-21-10-16-14(3-2-4-15(16)17(21)22)12-5-13(19)8-20-7-12/h2-5,7-8H,1,9-10,19H2. The largest absolute Gasteiger partial charge is 0.397 e. The van der Waals surface area contributed by atoms with E-state index in [1.807, 2.05) is 24.3 Å². The van der Waals surface area contributed by atoms with Crippen LogP contribution in [0.3, 0.4) is 0 Å². The highest BCUT2D eigenvalue weighted by molar-refractivity contribution is 6.00. The van der Waals surface area contributed by atoms with Gasteiger partial charge in [0.25, 0.3) is 5.91 Å². The number of hydrogen-bond donors (Lipinski definition) is 1. The van der Waals surface area contributed by atoms with E-state index in [4.69, 9.17) is 11.0 Å². The van der Waals surface area contributed by atoms with Crippen LogP contribution in [0.2, 0.25) is 0 Å². The lowest BCUT2D eigenvalue weighted by molar-refractivity contribution is 0.0794. The topological polar surface area (TPSA) is 83.0 Å². The number of pyridine rings is 1. The van der Waals surface area contributed by atoms with Crippen molar-refractivity contribution >= 4 is 11.6 Å².